The van der Waals surface area contributed by atoms with Gasteiger partial charge >= 0.3 is 0 Å². The number of aryl methyl sites for hydroxylation is 1. The number of aromatic nitrogens is 1. The first kappa shape index (κ1) is 17.1. The van der Waals surface area contributed by atoms with Gasteiger partial charge in [-0.1, -0.05) is 17.3 Å². The van der Waals surface area contributed by atoms with Crippen LogP contribution >= 0.6 is 0 Å². The molecule has 3 rings (SSSR count). The van der Waals surface area contributed by atoms with E-state index in [1.807, 2.05) is 13.0 Å². The maximum Gasteiger partial charge on any atom is 0.240 e. The van der Waals surface area contributed by atoms with Gasteiger partial charge in [0.15, 0.2) is 0 Å². The van der Waals surface area contributed by atoms with Gasteiger partial charge in [0.1, 0.15) is 11.5 Å². The number of hydrogen-bond donors (Lipinski definition) is 2. The summed E-state index contributed by atoms with van der Waals surface area (Å²) < 4.78 is 31.6. The van der Waals surface area contributed by atoms with Gasteiger partial charge in [-0.25, -0.2) is 13.1 Å². The molecule has 0 saturated carbocycles. The van der Waals surface area contributed by atoms with Crippen LogP contribution in [0.3, 0.4) is 0 Å². The number of benzene rings is 1. The van der Waals surface area contributed by atoms with E-state index < -0.39 is 10.0 Å². The maximum absolute atomic E-state index is 11.9. The Labute approximate surface area is 142 Å². The van der Waals surface area contributed by atoms with Gasteiger partial charge in [-0.15, -0.1) is 0 Å². The van der Waals surface area contributed by atoms with Crippen molar-refractivity contribution in [2.24, 2.45) is 0 Å². The predicted octanol–water partition coefficient (Wildman–Crippen LogP) is 2.31. The Morgan fingerprint density at radius 1 is 1.29 bits per heavy atom. The third kappa shape index (κ3) is 3.53. The van der Waals surface area contributed by atoms with Crippen molar-refractivity contribution in [2.45, 2.75) is 50.1 Å². The normalized spacial score (nSPS) is 15.9. The van der Waals surface area contributed by atoms with E-state index in [0.717, 1.165) is 36.3 Å². The van der Waals surface area contributed by atoms with Crippen molar-refractivity contribution in [1.29, 1.82) is 0 Å². The van der Waals surface area contributed by atoms with Crippen LogP contribution in [0, 0.1) is 0 Å². The minimum atomic E-state index is -3.43. The quantitative estimate of drug-likeness (QED) is 0.836. The molecule has 0 amide bonds. The van der Waals surface area contributed by atoms with Gasteiger partial charge in [-0.3, -0.25) is 0 Å². The summed E-state index contributed by atoms with van der Waals surface area (Å²) in [6.07, 6.45) is 4.35. The number of nitrogens with one attached hydrogen (secondary N) is 2. The zero-order valence-electron chi connectivity index (χ0n) is 14.0. The summed E-state index contributed by atoms with van der Waals surface area (Å²) in [6.45, 7) is 2.63. The summed E-state index contributed by atoms with van der Waals surface area (Å²) in [5.41, 5.74) is 3.13. The fraction of sp³-hybridized carbons (Fsp3) is 0.471. The molecule has 0 saturated heterocycles. The highest BCUT2D eigenvalue weighted by Gasteiger charge is 2.20. The van der Waals surface area contributed by atoms with Gasteiger partial charge in [0.25, 0.3) is 0 Å². The molecule has 1 aliphatic carbocycles. The van der Waals surface area contributed by atoms with E-state index in [4.69, 9.17) is 4.52 Å². The average molecular weight is 349 g/mol. The Bertz CT molecular complexity index is 814. The van der Waals surface area contributed by atoms with Gasteiger partial charge in [0.05, 0.1) is 4.90 Å². The largest absolute Gasteiger partial charge is 0.361 e. The second-order valence-corrected chi connectivity index (χ2v) is 8.01. The van der Waals surface area contributed by atoms with Crippen molar-refractivity contribution in [1.82, 2.24) is 15.2 Å². The summed E-state index contributed by atoms with van der Waals surface area (Å²) in [5, 5.41) is 7.60. The van der Waals surface area contributed by atoms with Crippen LogP contribution in [0.4, 0.5) is 0 Å². The highest BCUT2D eigenvalue weighted by molar-refractivity contribution is 7.89. The second kappa shape index (κ2) is 7.04. The van der Waals surface area contributed by atoms with Crippen LogP contribution in [-0.4, -0.2) is 20.6 Å². The summed E-state index contributed by atoms with van der Waals surface area (Å²) >= 11 is 0. The number of rotatable bonds is 6. The van der Waals surface area contributed by atoms with E-state index in [-0.39, 0.29) is 10.9 Å². The first-order valence-electron chi connectivity index (χ1n) is 8.24. The highest BCUT2D eigenvalue weighted by Crippen LogP contribution is 2.25. The topological polar surface area (TPSA) is 84.2 Å². The summed E-state index contributed by atoms with van der Waals surface area (Å²) in [4.78, 5) is 0.273. The first-order chi connectivity index (χ1) is 11.5. The molecule has 6 nitrogen and oxygen atoms in total. The molecule has 1 aromatic carbocycles. The van der Waals surface area contributed by atoms with E-state index in [1.165, 1.54) is 19.0 Å². The Hall–Kier alpha value is -1.70. The molecule has 1 atom stereocenters. The molecule has 1 aliphatic rings. The molecular weight excluding hydrogens is 326 g/mol. The SMILES string of the molecule is CNS(=O)(=O)c1cccc([C@H](C)NCc2noc3c2CCCC3)c1. The van der Waals surface area contributed by atoms with E-state index in [9.17, 15) is 8.42 Å². The fourth-order valence-electron chi connectivity index (χ4n) is 3.02. The predicted molar refractivity (Wildman–Crippen MR) is 91.1 cm³/mol. The lowest BCUT2D eigenvalue weighted by molar-refractivity contribution is 0.365. The van der Waals surface area contributed by atoms with Crippen LogP contribution < -0.4 is 10.0 Å². The number of fused-ring (bicyclic) bond motifs is 1. The third-order valence-electron chi connectivity index (χ3n) is 4.54. The highest BCUT2D eigenvalue weighted by atomic mass is 32.2. The van der Waals surface area contributed by atoms with Crippen molar-refractivity contribution < 1.29 is 12.9 Å². The standard InChI is InChI=1S/C17H23N3O3S/c1-12(13-6-5-7-14(10-13)24(21,22)18-2)19-11-16-15-8-3-4-9-17(15)23-20-16/h5-7,10,12,18-19H,3-4,8-9,11H2,1-2H3/t12-/m0/s1. The Balaban J connectivity index is 1.70. The van der Waals surface area contributed by atoms with Crippen LogP contribution in [0.15, 0.2) is 33.7 Å². The summed E-state index contributed by atoms with van der Waals surface area (Å²) in [7, 11) is -2.02. The zero-order chi connectivity index (χ0) is 17.2. The van der Waals surface area contributed by atoms with Crippen molar-refractivity contribution in [3.8, 4) is 0 Å². The Kier molecular flexibility index (Phi) is 5.03. The van der Waals surface area contributed by atoms with Crippen LogP contribution in [0.1, 0.15) is 48.4 Å². The monoisotopic (exact) mass is 349 g/mol. The second-order valence-electron chi connectivity index (χ2n) is 6.12. The number of sulfonamides is 1. The molecule has 7 heteroatoms. The van der Waals surface area contributed by atoms with Crippen LogP contribution in [-0.2, 0) is 29.4 Å². The van der Waals surface area contributed by atoms with Gasteiger partial charge < -0.3 is 9.84 Å². The van der Waals surface area contributed by atoms with Crippen LogP contribution in [0.2, 0.25) is 0 Å². The molecule has 1 heterocycles. The van der Waals surface area contributed by atoms with E-state index in [1.54, 1.807) is 18.2 Å². The Morgan fingerprint density at radius 3 is 2.88 bits per heavy atom. The molecular formula is C17H23N3O3S. The maximum atomic E-state index is 11.9. The van der Waals surface area contributed by atoms with Crippen molar-refractivity contribution >= 4 is 10.0 Å². The van der Waals surface area contributed by atoms with Crippen molar-refractivity contribution in [2.75, 3.05) is 7.05 Å². The van der Waals surface area contributed by atoms with Gasteiger partial charge in [-0.2, -0.15) is 0 Å². The summed E-state index contributed by atoms with van der Waals surface area (Å²) in [5.74, 6) is 1.02. The molecule has 0 fully saturated rings. The average Bonchev–Trinajstić information content (AvgIpc) is 3.03. The smallest absolute Gasteiger partial charge is 0.240 e. The molecule has 24 heavy (non-hydrogen) atoms. The van der Waals surface area contributed by atoms with Gasteiger partial charge in [0.2, 0.25) is 10.0 Å². The molecule has 0 bridgehead atoms. The Morgan fingerprint density at radius 2 is 2.08 bits per heavy atom. The molecule has 0 aliphatic heterocycles. The molecule has 2 N–H and O–H groups in total. The number of nitrogens with zero attached hydrogens (tertiary/aromatic N) is 1. The minimum Gasteiger partial charge on any atom is -0.361 e. The van der Waals surface area contributed by atoms with Crippen LogP contribution in [0.25, 0.3) is 0 Å². The lowest BCUT2D eigenvalue weighted by Crippen LogP contribution is -2.21. The minimum absolute atomic E-state index is 0.00736. The van der Waals surface area contributed by atoms with Gasteiger partial charge in [-0.05, 0) is 50.9 Å². The molecule has 1 aromatic heterocycles. The molecule has 0 spiro atoms. The van der Waals surface area contributed by atoms with E-state index in [0.29, 0.717) is 6.54 Å². The third-order valence-corrected chi connectivity index (χ3v) is 5.96. The van der Waals surface area contributed by atoms with E-state index in [2.05, 4.69) is 15.2 Å². The molecule has 2 aromatic rings. The lowest BCUT2D eigenvalue weighted by atomic mass is 9.96. The summed E-state index contributed by atoms with van der Waals surface area (Å²) in [6, 6.07) is 6.98. The van der Waals surface area contributed by atoms with Crippen LogP contribution in [0.5, 0.6) is 0 Å². The molecule has 0 unspecified atom stereocenters. The first-order valence-corrected chi connectivity index (χ1v) is 9.73. The van der Waals surface area contributed by atoms with Crippen molar-refractivity contribution in [3.05, 3.63) is 46.8 Å². The van der Waals surface area contributed by atoms with Crippen molar-refractivity contribution in [3.63, 3.8) is 0 Å². The zero-order valence-corrected chi connectivity index (χ0v) is 14.8. The number of hydrogen-bond acceptors (Lipinski definition) is 5. The fourth-order valence-corrected chi connectivity index (χ4v) is 3.81. The molecule has 0 radical (unpaired) electrons. The molecule has 130 valence electrons. The lowest BCUT2D eigenvalue weighted by Gasteiger charge is -2.15. The van der Waals surface area contributed by atoms with E-state index >= 15 is 0 Å². The van der Waals surface area contributed by atoms with Gasteiger partial charge in [0, 0.05) is 24.6 Å².